The highest BCUT2D eigenvalue weighted by Gasteiger charge is 2.13. The average Bonchev–Trinajstić information content (AvgIpc) is 2.73. The van der Waals surface area contributed by atoms with Crippen LogP contribution in [0.25, 0.3) is 0 Å². The molecule has 0 aliphatic heterocycles. The summed E-state index contributed by atoms with van der Waals surface area (Å²) in [6, 6.07) is 23.2. The summed E-state index contributed by atoms with van der Waals surface area (Å²) in [7, 11) is 4.03. The van der Waals surface area contributed by atoms with Crippen LogP contribution in [0, 0.1) is 0 Å². The molecule has 3 rings (SSSR count). The molecule has 0 radical (unpaired) electrons. The van der Waals surface area contributed by atoms with E-state index < -0.39 is 11.9 Å². The second-order valence-electron chi connectivity index (χ2n) is 6.10. The SMILES string of the molecule is CN(C)c1ccc(/N=N/c2ccccc2)cc1.O=C(O)c1ccccc1C(=O)O. The first-order valence-corrected chi connectivity index (χ1v) is 8.68. The Bertz CT molecular complexity index is 951. The number of anilines is 1. The van der Waals surface area contributed by atoms with E-state index in [9.17, 15) is 9.59 Å². The minimum absolute atomic E-state index is 0.190. The summed E-state index contributed by atoms with van der Waals surface area (Å²) in [6.07, 6.45) is 0. The summed E-state index contributed by atoms with van der Waals surface area (Å²) in [5.74, 6) is -2.46. The summed E-state index contributed by atoms with van der Waals surface area (Å²) in [5.41, 5.74) is 2.50. The van der Waals surface area contributed by atoms with E-state index in [0.29, 0.717) is 0 Å². The Morgan fingerprint density at radius 1 is 0.655 bits per heavy atom. The fourth-order valence-electron chi connectivity index (χ4n) is 2.28. The van der Waals surface area contributed by atoms with E-state index in [1.807, 2.05) is 68.7 Å². The van der Waals surface area contributed by atoms with Crippen molar-refractivity contribution >= 4 is 29.0 Å². The molecular formula is C22H21N3O4. The first-order valence-electron chi connectivity index (χ1n) is 8.68. The van der Waals surface area contributed by atoms with Gasteiger partial charge in [-0.1, -0.05) is 30.3 Å². The van der Waals surface area contributed by atoms with Gasteiger partial charge in [0.1, 0.15) is 0 Å². The molecule has 3 aromatic rings. The summed E-state index contributed by atoms with van der Waals surface area (Å²) in [4.78, 5) is 23.0. The maximum atomic E-state index is 10.5. The van der Waals surface area contributed by atoms with Gasteiger partial charge in [0.2, 0.25) is 0 Å². The smallest absolute Gasteiger partial charge is 0.336 e. The number of hydrogen-bond donors (Lipinski definition) is 2. The number of hydrogen-bond acceptors (Lipinski definition) is 5. The lowest BCUT2D eigenvalue weighted by molar-refractivity contribution is 0.0651. The van der Waals surface area contributed by atoms with Crippen molar-refractivity contribution in [1.29, 1.82) is 0 Å². The van der Waals surface area contributed by atoms with Gasteiger partial charge < -0.3 is 15.1 Å². The highest BCUT2D eigenvalue weighted by atomic mass is 16.4. The van der Waals surface area contributed by atoms with E-state index in [-0.39, 0.29) is 11.1 Å². The molecule has 0 saturated heterocycles. The summed E-state index contributed by atoms with van der Waals surface area (Å²) >= 11 is 0. The van der Waals surface area contributed by atoms with Crippen molar-refractivity contribution in [2.45, 2.75) is 0 Å². The largest absolute Gasteiger partial charge is 0.478 e. The maximum Gasteiger partial charge on any atom is 0.336 e. The van der Waals surface area contributed by atoms with Gasteiger partial charge in [-0.3, -0.25) is 0 Å². The Hall–Kier alpha value is -4.00. The first kappa shape index (κ1) is 21.3. The van der Waals surface area contributed by atoms with Crippen LogP contribution >= 0.6 is 0 Å². The van der Waals surface area contributed by atoms with Crippen LogP contribution in [0.3, 0.4) is 0 Å². The topological polar surface area (TPSA) is 103 Å². The molecular weight excluding hydrogens is 370 g/mol. The number of benzene rings is 3. The predicted molar refractivity (Wildman–Crippen MR) is 112 cm³/mol. The van der Waals surface area contributed by atoms with Gasteiger partial charge in [-0.25, -0.2) is 9.59 Å². The highest BCUT2D eigenvalue weighted by Crippen LogP contribution is 2.20. The molecule has 0 heterocycles. The van der Waals surface area contributed by atoms with Crippen LogP contribution in [0.4, 0.5) is 17.1 Å². The summed E-state index contributed by atoms with van der Waals surface area (Å²) < 4.78 is 0. The Morgan fingerprint density at radius 2 is 1.07 bits per heavy atom. The number of carboxylic acid groups (broad SMARTS) is 2. The highest BCUT2D eigenvalue weighted by molar-refractivity contribution is 6.01. The fourth-order valence-corrected chi connectivity index (χ4v) is 2.28. The van der Waals surface area contributed by atoms with E-state index in [2.05, 4.69) is 15.1 Å². The number of carbonyl (C=O) groups is 2. The molecule has 0 fully saturated rings. The monoisotopic (exact) mass is 391 g/mol. The van der Waals surface area contributed by atoms with Crippen molar-refractivity contribution in [2.75, 3.05) is 19.0 Å². The molecule has 2 N–H and O–H groups in total. The number of aromatic carboxylic acids is 2. The number of rotatable bonds is 5. The van der Waals surface area contributed by atoms with Crippen molar-refractivity contribution in [3.8, 4) is 0 Å². The average molecular weight is 391 g/mol. The molecule has 0 amide bonds. The van der Waals surface area contributed by atoms with Crippen LogP contribution < -0.4 is 4.90 Å². The lowest BCUT2D eigenvalue weighted by atomic mass is 10.1. The lowest BCUT2D eigenvalue weighted by Gasteiger charge is -2.11. The third-order valence-electron chi connectivity index (χ3n) is 3.79. The van der Waals surface area contributed by atoms with Crippen molar-refractivity contribution < 1.29 is 19.8 Å². The van der Waals surface area contributed by atoms with Crippen molar-refractivity contribution in [1.82, 2.24) is 0 Å². The molecule has 0 aliphatic carbocycles. The lowest BCUT2D eigenvalue weighted by Crippen LogP contribution is -2.07. The molecule has 0 saturated carbocycles. The molecule has 0 aliphatic rings. The van der Waals surface area contributed by atoms with Crippen LogP contribution in [-0.2, 0) is 0 Å². The molecule has 29 heavy (non-hydrogen) atoms. The zero-order valence-electron chi connectivity index (χ0n) is 16.1. The van der Waals surface area contributed by atoms with E-state index in [1.54, 1.807) is 0 Å². The van der Waals surface area contributed by atoms with E-state index in [1.165, 1.54) is 24.3 Å². The number of carboxylic acids is 2. The van der Waals surface area contributed by atoms with Crippen LogP contribution in [0.5, 0.6) is 0 Å². The van der Waals surface area contributed by atoms with Gasteiger partial charge in [0.15, 0.2) is 0 Å². The zero-order chi connectivity index (χ0) is 21.2. The molecule has 0 aromatic heterocycles. The Morgan fingerprint density at radius 3 is 1.48 bits per heavy atom. The first-order chi connectivity index (χ1) is 13.9. The fraction of sp³-hybridized carbons (Fsp3) is 0.0909. The van der Waals surface area contributed by atoms with Gasteiger partial charge in [0, 0.05) is 19.8 Å². The van der Waals surface area contributed by atoms with Gasteiger partial charge in [-0.15, -0.1) is 0 Å². The molecule has 7 nitrogen and oxygen atoms in total. The van der Waals surface area contributed by atoms with Crippen LogP contribution in [0.1, 0.15) is 20.7 Å². The molecule has 7 heteroatoms. The third kappa shape index (κ3) is 6.59. The number of nitrogens with zero attached hydrogens (tertiary/aromatic N) is 3. The molecule has 0 spiro atoms. The normalized spacial score (nSPS) is 10.1. The Kier molecular flexibility index (Phi) is 7.61. The minimum Gasteiger partial charge on any atom is -0.478 e. The molecule has 148 valence electrons. The Labute approximate surface area is 168 Å². The molecule has 0 bridgehead atoms. The van der Waals surface area contributed by atoms with E-state index in [4.69, 9.17) is 10.2 Å². The van der Waals surface area contributed by atoms with Gasteiger partial charge in [-0.2, -0.15) is 10.2 Å². The standard InChI is InChI=1S/C14H15N3.C8H6O4/c1-17(2)14-10-8-13(9-11-14)16-15-12-6-4-3-5-7-12;9-7(10)5-3-1-2-4-6(5)8(11)12/h3-11H,1-2H3;1-4H,(H,9,10)(H,11,12)/b16-15+;. The quantitative estimate of drug-likeness (QED) is 0.578. The van der Waals surface area contributed by atoms with Gasteiger partial charge in [-0.05, 0) is 48.5 Å². The zero-order valence-corrected chi connectivity index (χ0v) is 16.1. The number of azo groups is 1. The van der Waals surface area contributed by atoms with Crippen LogP contribution in [0.2, 0.25) is 0 Å². The van der Waals surface area contributed by atoms with Gasteiger partial charge in [0.05, 0.1) is 22.5 Å². The van der Waals surface area contributed by atoms with Crippen LogP contribution in [-0.4, -0.2) is 36.2 Å². The van der Waals surface area contributed by atoms with E-state index >= 15 is 0 Å². The Balaban J connectivity index is 0.000000221. The van der Waals surface area contributed by atoms with E-state index in [0.717, 1.165) is 17.1 Å². The second-order valence-corrected chi connectivity index (χ2v) is 6.10. The maximum absolute atomic E-state index is 10.5. The van der Waals surface area contributed by atoms with Crippen LogP contribution in [0.15, 0.2) is 89.1 Å². The van der Waals surface area contributed by atoms with Crippen molar-refractivity contribution in [3.63, 3.8) is 0 Å². The van der Waals surface area contributed by atoms with Gasteiger partial charge in [0.25, 0.3) is 0 Å². The van der Waals surface area contributed by atoms with Crippen molar-refractivity contribution in [2.24, 2.45) is 10.2 Å². The molecule has 0 unspecified atom stereocenters. The summed E-state index contributed by atoms with van der Waals surface area (Å²) in [6.45, 7) is 0. The minimum atomic E-state index is -1.23. The van der Waals surface area contributed by atoms with Gasteiger partial charge >= 0.3 is 11.9 Å². The third-order valence-corrected chi connectivity index (χ3v) is 3.79. The molecule has 0 atom stereocenters. The summed E-state index contributed by atoms with van der Waals surface area (Å²) in [5, 5.41) is 25.4. The predicted octanol–water partition coefficient (Wildman–Crippen LogP) is 5.25. The second kappa shape index (κ2) is 10.4. The molecule has 3 aromatic carbocycles. The van der Waals surface area contributed by atoms with Crippen molar-refractivity contribution in [3.05, 3.63) is 90.0 Å².